The zero-order valence-electron chi connectivity index (χ0n) is 11.2. The molecule has 2 aromatic rings. The van der Waals surface area contributed by atoms with E-state index in [0.717, 1.165) is 47.5 Å². The minimum atomic E-state index is -0.689. The van der Waals surface area contributed by atoms with Crippen molar-refractivity contribution in [2.24, 2.45) is 5.92 Å². The van der Waals surface area contributed by atoms with Crippen LogP contribution in [0.3, 0.4) is 0 Å². The normalized spacial score (nSPS) is 23.4. The number of para-hydroxylation sites is 1. The smallest absolute Gasteiger partial charge is 0.308 e. The Bertz CT molecular complexity index is 578. The maximum Gasteiger partial charge on any atom is 0.308 e. The number of carboxylic acids is 1. The molecular weight excluding hydrogens is 272 g/mol. The van der Waals surface area contributed by atoms with E-state index in [2.05, 4.69) is 10.3 Å². The predicted octanol–water partition coefficient (Wildman–Crippen LogP) is 3.74. The van der Waals surface area contributed by atoms with Crippen molar-refractivity contribution in [3.8, 4) is 0 Å². The van der Waals surface area contributed by atoms with Gasteiger partial charge >= 0.3 is 5.97 Å². The third-order valence-electron chi connectivity index (χ3n) is 3.94. The van der Waals surface area contributed by atoms with Crippen molar-refractivity contribution in [1.29, 1.82) is 0 Å². The van der Waals surface area contributed by atoms with E-state index in [1.54, 1.807) is 11.3 Å². The third-order valence-corrected chi connectivity index (χ3v) is 4.90. The number of hydrogen-bond acceptors (Lipinski definition) is 4. The van der Waals surface area contributed by atoms with Crippen molar-refractivity contribution >= 4 is 32.7 Å². The highest BCUT2D eigenvalue weighted by Gasteiger charge is 2.29. The lowest BCUT2D eigenvalue weighted by Gasteiger charge is -2.22. The highest BCUT2D eigenvalue weighted by molar-refractivity contribution is 7.22. The molecule has 5 heteroatoms. The van der Waals surface area contributed by atoms with Crippen molar-refractivity contribution in [3.05, 3.63) is 24.3 Å². The molecule has 1 aliphatic rings. The topological polar surface area (TPSA) is 62.2 Å². The fraction of sp³-hybridized carbons (Fsp3) is 0.467. The van der Waals surface area contributed by atoms with Gasteiger partial charge in [0, 0.05) is 6.04 Å². The van der Waals surface area contributed by atoms with Gasteiger partial charge in [-0.05, 0) is 25.0 Å². The Kier molecular flexibility index (Phi) is 3.87. The maximum absolute atomic E-state index is 11.4. The van der Waals surface area contributed by atoms with E-state index in [9.17, 15) is 9.90 Å². The summed E-state index contributed by atoms with van der Waals surface area (Å²) in [6, 6.07) is 7.99. The van der Waals surface area contributed by atoms with E-state index in [1.165, 1.54) is 0 Å². The Labute approximate surface area is 121 Å². The van der Waals surface area contributed by atoms with Gasteiger partial charge in [0.2, 0.25) is 0 Å². The minimum absolute atomic E-state index is 0.00411. The third kappa shape index (κ3) is 2.77. The number of rotatable bonds is 3. The first kappa shape index (κ1) is 13.4. The molecule has 0 radical (unpaired) electrons. The van der Waals surface area contributed by atoms with Crippen LogP contribution in [-0.4, -0.2) is 22.1 Å². The van der Waals surface area contributed by atoms with E-state index < -0.39 is 5.97 Å². The standard InChI is InChI=1S/C15H18N2O2S/c18-14(19)10-6-2-1-3-7-11(10)16-15-17-12-8-4-5-9-13(12)20-15/h4-5,8-11H,1-3,6-7H2,(H,16,17)(H,18,19). The van der Waals surface area contributed by atoms with Crippen LogP contribution in [0.4, 0.5) is 5.13 Å². The number of aromatic nitrogens is 1. The highest BCUT2D eigenvalue weighted by Crippen LogP contribution is 2.30. The average Bonchev–Trinajstić information content (AvgIpc) is 2.68. The van der Waals surface area contributed by atoms with Crippen LogP contribution in [0.2, 0.25) is 0 Å². The summed E-state index contributed by atoms with van der Waals surface area (Å²) in [4.78, 5) is 16.0. The van der Waals surface area contributed by atoms with Gasteiger partial charge in [-0.25, -0.2) is 4.98 Å². The van der Waals surface area contributed by atoms with Crippen LogP contribution in [0.25, 0.3) is 10.2 Å². The highest BCUT2D eigenvalue weighted by atomic mass is 32.1. The second-order valence-corrected chi connectivity index (χ2v) is 6.35. The quantitative estimate of drug-likeness (QED) is 0.845. The lowest BCUT2D eigenvalue weighted by molar-refractivity contribution is -0.142. The largest absolute Gasteiger partial charge is 0.481 e. The fourth-order valence-corrected chi connectivity index (χ4v) is 3.80. The van der Waals surface area contributed by atoms with E-state index in [0.29, 0.717) is 0 Å². The van der Waals surface area contributed by atoms with Gasteiger partial charge in [-0.3, -0.25) is 4.79 Å². The van der Waals surface area contributed by atoms with Crippen molar-refractivity contribution < 1.29 is 9.90 Å². The van der Waals surface area contributed by atoms with Crippen LogP contribution >= 0.6 is 11.3 Å². The second-order valence-electron chi connectivity index (χ2n) is 5.32. The van der Waals surface area contributed by atoms with Gasteiger partial charge in [0.25, 0.3) is 0 Å². The summed E-state index contributed by atoms with van der Waals surface area (Å²) >= 11 is 1.60. The summed E-state index contributed by atoms with van der Waals surface area (Å²) in [6.07, 6.45) is 4.90. The van der Waals surface area contributed by atoms with Gasteiger partial charge in [0.1, 0.15) is 0 Å². The molecule has 0 saturated heterocycles. The zero-order valence-corrected chi connectivity index (χ0v) is 12.0. The molecule has 2 atom stereocenters. The van der Waals surface area contributed by atoms with Crippen molar-refractivity contribution in [1.82, 2.24) is 4.98 Å². The van der Waals surface area contributed by atoms with Crippen LogP contribution in [0.1, 0.15) is 32.1 Å². The molecule has 0 spiro atoms. The molecule has 1 aromatic carbocycles. The lowest BCUT2D eigenvalue weighted by atomic mass is 9.95. The number of hydrogen-bond donors (Lipinski definition) is 2. The number of nitrogens with one attached hydrogen (secondary N) is 1. The Balaban J connectivity index is 1.81. The average molecular weight is 290 g/mol. The molecule has 0 bridgehead atoms. The lowest BCUT2D eigenvalue weighted by Crippen LogP contribution is -2.33. The monoisotopic (exact) mass is 290 g/mol. The van der Waals surface area contributed by atoms with Crippen molar-refractivity contribution in [3.63, 3.8) is 0 Å². The molecule has 2 N–H and O–H groups in total. The predicted molar refractivity (Wildman–Crippen MR) is 81.2 cm³/mol. The Morgan fingerprint density at radius 2 is 2.05 bits per heavy atom. The van der Waals surface area contributed by atoms with Gasteiger partial charge in [-0.1, -0.05) is 42.7 Å². The summed E-state index contributed by atoms with van der Waals surface area (Å²) in [5.41, 5.74) is 0.973. The summed E-state index contributed by atoms with van der Waals surface area (Å²) in [5.74, 6) is -0.991. The molecule has 20 heavy (non-hydrogen) atoms. The fourth-order valence-electron chi connectivity index (χ4n) is 2.87. The number of anilines is 1. The van der Waals surface area contributed by atoms with Gasteiger partial charge < -0.3 is 10.4 Å². The van der Waals surface area contributed by atoms with E-state index in [-0.39, 0.29) is 12.0 Å². The van der Waals surface area contributed by atoms with Crippen LogP contribution in [0, 0.1) is 5.92 Å². The number of aliphatic carboxylic acids is 1. The Morgan fingerprint density at radius 1 is 1.25 bits per heavy atom. The van der Waals surface area contributed by atoms with Gasteiger partial charge in [-0.2, -0.15) is 0 Å². The number of nitrogens with zero attached hydrogens (tertiary/aromatic N) is 1. The van der Waals surface area contributed by atoms with Gasteiger partial charge in [0.05, 0.1) is 16.1 Å². The van der Waals surface area contributed by atoms with E-state index in [4.69, 9.17) is 0 Å². The van der Waals surface area contributed by atoms with Crippen LogP contribution in [0.5, 0.6) is 0 Å². The molecule has 1 aromatic heterocycles. The SMILES string of the molecule is O=C(O)C1CCCCCC1Nc1nc2ccccc2s1. The molecule has 0 aliphatic heterocycles. The molecular formula is C15H18N2O2S. The summed E-state index contributed by atoms with van der Waals surface area (Å²) < 4.78 is 1.13. The summed E-state index contributed by atoms with van der Waals surface area (Å²) in [6.45, 7) is 0. The Hall–Kier alpha value is -1.62. The van der Waals surface area contributed by atoms with Gasteiger partial charge in [0.15, 0.2) is 5.13 Å². The molecule has 4 nitrogen and oxygen atoms in total. The first-order valence-electron chi connectivity index (χ1n) is 7.09. The van der Waals surface area contributed by atoms with Crippen LogP contribution in [-0.2, 0) is 4.79 Å². The van der Waals surface area contributed by atoms with Gasteiger partial charge in [-0.15, -0.1) is 0 Å². The number of fused-ring (bicyclic) bond motifs is 1. The maximum atomic E-state index is 11.4. The molecule has 106 valence electrons. The van der Waals surface area contributed by atoms with Crippen molar-refractivity contribution in [2.45, 2.75) is 38.1 Å². The first-order valence-corrected chi connectivity index (χ1v) is 7.90. The van der Waals surface area contributed by atoms with Crippen molar-refractivity contribution in [2.75, 3.05) is 5.32 Å². The number of carboxylic acid groups (broad SMARTS) is 1. The molecule has 1 heterocycles. The summed E-state index contributed by atoms with van der Waals surface area (Å²) in [7, 11) is 0. The molecule has 1 saturated carbocycles. The molecule has 0 amide bonds. The summed E-state index contributed by atoms with van der Waals surface area (Å²) in [5, 5.41) is 13.6. The van der Waals surface area contributed by atoms with Crippen LogP contribution < -0.4 is 5.32 Å². The first-order chi connectivity index (χ1) is 9.74. The molecule has 3 rings (SSSR count). The molecule has 1 aliphatic carbocycles. The number of carbonyl (C=O) groups is 1. The number of thiazole rings is 1. The zero-order chi connectivity index (χ0) is 13.9. The minimum Gasteiger partial charge on any atom is -0.481 e. The molecule has 2 unspecified atom stereocenters. The van der Waals surface area contributed by atoms with E-state index >= 15 is 0 Å². The number of benzene rings is 1. The second kappa shape index (κ2) is 5.79. The molecule has 1 fully saturated rings. The Morgan fingerprint density at radius 3 is 2.85 bits per heavy atom. The van der Waals surface area contributed by atoms with Crippen LogP contribution in [0.15, 0.2) is 24.3 Å². The van der Waals surface area contributed by atoms with E-state index in [1.807, 2.05) is 24.3 Å².